The molecule has 1 aromatic rings. The molecule has 0 fully saturated rings. The van der Waals surface area contributed by atoms with Crippen LogP contribution in [-0.4, -0.2) is 42.4 Å². The summed E-state index contributed by atoms with van der Waals surface area (Å²) in [6.07, 6.45) is 0.0495. The van der Waals surface area contributed by atoms with Gasteiger partial charge < -0.3 is 21.1 Å². The Kier molecular flexibility index (Phi) is 9.07. The van der Waals surface area contributed by atoms with Gasteiger partial charge in [-0.15, -0.1) is 0 Å². The Morgan fingerprint density at radius 3 is 2.21 bits per heavy atom. The molecule has 9 heteroatoms. The van der Waals surface area contributed by atoms with Crippen molar-refractivity contribution in [2.45, 2.75) is 45.7 Å². The van der Waals surface area contributed by atoms with Crippen molar-refractivity contribution >= 4 is 23.7 Å². The summed E-state index contributed by atoms with van der Waals surface area (Å²) in [6.45, 7) is 4.66. The number of carbonyl (C=O) groups excluding carboxylic acids is 4. The predicted octanol–water partition coefficient (Wildman–Crippen LogP) is 0.432. The molecular weight excluding hydrogens is 369 g/mol. The average Bonchev–Trinajstić information content (AvgIpc) is 2.61. The third kappa shape index (κ3) is 7.73. The number of ether oxygens (including phenoxy) is 1. The molecule has 3 amide bonds. The summed E-state index contributed by atoms with van der Waals surface area (Å²) in [5.74, 6) is -3.49. The fourth-order valence-electron chi connectivity index (χ4n) is 2.56. The van der Waals surface area contributed by atoms with Crippen LogP contribution in [0.4, 0.5) is 4.39 Å². The summed E-state index contributed by atoms with van der Waals surface area (Å²) in [7, 11) is 0. The van der Waals surface area contributed by atoms with E-state index in [0.717, 1.165) is 0 Å². The zero-order chi connectivity index (χ0) is 21.3. The standard InChI is InChI=1S/C19H26FN3O5/c1-4-28-19(27)11(2)9-15(17(21)25)23-18(26)16(22-12(3)24)10-13-5-7-14(20)8-6-13/h5-8,11,15-16H,4,9-10H2,1-3H3,(H2,21,25)(H,22,24)(H,23,26)/t11-,15-,16-/m1/s1. The fourth-order valence-corrected chi connectivity index (χ4v) is 2.56. The summed E-state index contributed by atoms with van der Waals surface area (Å²) in [5, 5.41) is 4.97. The highest BCUT2D eigenvalue weighted by Crippen LogP contribution is 2.10. The number of esters is 1. The number of halogens is 1. The van der Waals surface area contributed by atoms with Crippen molar-refractivity contribution in [3.8, 4) is 0 Å². The van der Waals surface area contributed by atoms with Gasteiger partial charge in [0.05, 0.1) is 12.5 Å². The van der Waals surface area contributed by atoms with Crippen LogP contribution < -0.4 is 16.4 Å². The van der Waals surface area contributed by atoms with Gasteiger partial charge in [0.15, 0.2) is 0 Å². The van der Waals surface area contributed by atoms with Crippen LogP contribution in [-0.2, 0) is 30.3 Å². The van der Waals surface area contributed by atoms with Gasteiger partial charge in [0, 0.05) is 13.3 Å². The lowest BCUT2D eigenvalue weighted by Crippen LogP contribution is -2.54. The highest BCUT2D eigenvalue weighted by molar-refractivity contribution is 5.91. The molecule has 0 spiro atoms. The van der Waals surface area contributed by atoms with Crippen LogP contribution in [0.1, 0.15) is 32.8 Å². The van der Waals surface area contributed by atoms with Crippen molar-refractivity contribution in [2.24, 2.45) is 11.7 Å². The Labute approximate surface area is 163 Å². The summed E-state index contributed by atoms with van der Waals surface area (Å²) in [4.78, 5) is 47.6. The maximum absolute atomic E-state index is 13.1. The largest absolute Gasteiger partial charge is 0.466 e. The molecule has 28 heavy (non-hydrogen) atoms. The van der Waals surface area contributed by atoms with Crippen LogP contribution in [0, 0.1) is 11.7 Å². The smallest absolute Gasteiger partial charge is 0.308 e. The molecule has 0 heterocycles. The van der Waals surface area contributed by atoms with E-state index in [2.05, 4.69) is 10.6 Å². The fraction of sp³-hybridized carbons (Fsp3) is 0.474. The highest BCUT2D eigenvalue weighted by Gasteiger charge is 2.28. The first kappa shape index (κ1) is 23.1. The van der Waals surface area contributed by atoms with E-state index in [0.29, 0.717) is 5.56 Å². The topological polar surface area (TPSA) is 128 Å². The average molecular weight is 395 g/mol. The minimum absolute atomic E-state index is 0.0384. The van der Waals surface area contributed by atoms with E-state index < -0.39 is 47.5 Å². The van der Waals surface area contributed by atoms with Gasteiger partial charge in [0.1, 0.15) is 17.9 Å². The molecule has 0 bridgehead atoms. The second-order valence-corrected chi connectivity index (χ2v) is 6.44. The molecule has 3 atom stereocenters. The minimum Gasteiger partial charge on any atom is -0.466 e. The van der Waals surface area contributed by atoms with E-state index in [1.54, 1.807) is 13.8 Å². The second-order valence-electron chi connectivity index (χ2n) is 6.44. The Morgan fingerprint density at radius 2 is 1.71 bits per heavy atom. The molecule has 0 saturated heterocycles. The summed E-state index contributed by atoms with van der Waals surface area (Å²) in [5.41, 5.74) is 5.96. The Balaban J connectivity index is 2.86. The summed E-state index contributed by atoms with van der Waals surface area (Å²) < 4.78 is 17.9. The first-order chi connectivity index (χ1) is 13.1. The lowest BCUT2D eigenvalue weighted by Gasteiger charge is -2.23. The quantitative estimate of drug-likeness (QED) is 0.495. The van der Waals surface area contributed by atoms with Crippen LogP contribution in [0.2, 0.25) is 0 Å². The summed E-state index contributed by atoms with van der Waals surface area (Å²) >= 11 is 0. The number of hydrogen-bond acceptors (Lipinski definition) is 5. The molecule has 1 aromatic carbocycles. The molecule has 4 N–H and O–H groups in total. The zero-order valence-corrected chi connectivity index (χ0v) is 16.2. The third-order valence-corrected chi connectivity index (χ3v) is 3.99. The number of primary amides is 1. The normalized spacial score (nSPS) is 13.7. The maximum atomic E-state index is 13.1. The highest BCUT2D eigenvalue weighted by atomic mass is 19.1. The molecule has 0 aliphatic carbocycles. The molecule has 0 radical (unpaired) electrons. The van der Waals surface area contributed by atoms with Gasteiger partial charge in [-0.25, -0.2) is 4.39 Å². The number of amides is 3. The number of carbonyl (C=O) groups is 4. The molecule has 154 valence electrons. The van der Waals surface area contributed by atoms with Gasteiger partial charge in [-0.3, -0.25) is 19.2 Å². The molecule has 8 nitrogen and oxygen atoms in total. The number of rotatable bonds is 10. The third-order valence-electron chi connectivity index (χ3n) is 3.99. The SMILES string of the molecule is CCOC(=O)[C@H](C)C[C@@H](NC(=O)[C@@H](Cc1ccc(F)cc1)NC(C)=O)C(N)=O. The van der Waals surface area contributed by atoms with Crippen LogP contribution in [0.3, 0.4) is 0 Å². The van der Waals surface area contributed by atoms with Gasteiger partial charge in [-0.1, -0.05) is 19.1 Å². The molecule has 0 aliphatic heterocycles. The van der Waals surface area contributed by atoms with Crippen molar-refractivity contribution < 1.29 is 28.3 Å². The predicted molar refractivity (Wildman–Crippen MR) is 99.2 cm³/mol. The van der Waals surface area contributed by atoms with Crippen molar-refractivity contribution in [3.05, 3.63) is 35.6 Å². The van der Waals surface area contributed by atoms with E-state index in [-0.39, 0.29) is 19.4 Å². The monoisotopic (exact) mass is 395 g/mol. The molecule has 1 rings (SSSR count). The number of benzene rings is 1. The second kappa shape index (κ2) is 11.0. The maximum Gasteiger partial charge on any atom is 0.308 e. The number of nitrogens with one attached hydrogen (secondary N) is 2. The summed E-state index contributed by atoms with van der Waals surface area (Å²) in [6, 6.07) is 3.35. The van der Waals surface area contributed by atoms with Gasteiger partial charge in [-0.05, 0) is 31.0 Å². The van der Waals surface area contributed by atoms with Crippen molar-refractivity contribution in [1.82, 2.24) is 10.6 Å². The molecule has 0 aromatic heterocycles. The molecular formula is C19H26FN3O5. The Bertz CT molecular complexity index is 708. The van der Waals surface area contributed by atoms with Crippen molar-refractivity contribution in [3.63, 3.8) is 0 Å². The van der Waals surface area contributed by atoms with Gasteiger partial charge in [0.2, 0.25) is 17.7 Å². The minimum atomic E-state index is -1.11. The Morgan fingerprint density at radius 1 is 1.11 bits per heavy atom. The van der Waals surface area contributed by atoms with Crippen LogP contribution in [0.25, 0.3) is 0 Å². The van der Waals surface area contributed by atoms with Gasteiger partial charge in [-0.2, -0.15) is 0 Å². The number of hydrogen-bond donors (Lipinski definition) is 3. The van der Waals surface area contributed by atoms with Crippen LogP contribution in [0.15, 0.2) is 24.3 Å². The van der Waals surface area contributed by atoms with E-state index in [9.17, 15) is 23.6 Å². The zero-order valence-electron chi connectivity index (χ0n) is 16.2. The first-order valence-electron chi connectivity index (χ1n) is 8.91. The molecule has 0 aliphatic rings. The Hall–Kier alpha value is -2.97. The molecule has 0 unspecified atom stereocenters. The lowest BCUT2D eigenvalue weighted by atomic mass is 10.00. The molecule has 0 saturated carbocycles. The van der Waals surface area contributed by atoms with E-state index in [1.807, 2.05) is 0 Å². The van der Waals surface area contributed by atoms with Crippen LogP contribution >= 0.6 is 0 Å². The van der Waals surface area contributed by atoms with E-state index in [1.165, 1.54) is 31.2 Å². The van der Waals surface area contributed by atoms with Gasteiger partial charge in [0.25, 0.3) is 0 Å². The lowest BCUT2D eigenvalue weighted by molar-refractivity contribution is -0.148. The first-order valence-corrected chi connectivity index (χ1v) is 8.91. The van der Waals surface area contributed by atoms with E-state index in [4.69, 9.17) is 10.5 Å². The van der Waals surface area contributed by atoms with Gasteiger partial charge >= 0.3 is 5.97 Å². The van der Waals surface area contributed by atoms with Crippen molar-refractivity contribution in [1.29, 1.82) is 0 Å². The van der Waals surface area contributed by atoms with Crippen molar-refractivity contribution in [2.75, 3.05) is 6.61 Å². The van der Waals surface area contributed by atoms with Crippen LogP contribution in [0.5, 0.6) is 0 Å². The van der Waals surface area contributed by atoms with E-state index >= 15 is 0 Å². The number of nitrogens with two attached hydrogens (primary N) is 1.